The second-order valence-electron chi connectivity index (χ2n) is 23.7. The second kappa shape index (κ2) is 62.9. The average Bonchev–Trinajstić information content (AvgIpc) is 3.41. The number of hydrogen-bond acceptors (Lipinski definition) is 8. The highest BCUT2D eigenvalue weighted by Crippen LogP contribution is 2.16. The Kier molecular flexibility index (Phi) is 61.8. The molecule has 0 aliphatic rings. The van der Waals surface area contributed by atoms with Crippen molar-refractivity contribution in [1.29, 1.82) is 0 Å². The summed E-state index contributed by atoms with van der Waals surface area (Å²) in [6.07, 6.45) is 58.8. The van der Waals surface area contributed by atoms with E-state index in [1.54, 1.807) is 0 Å². The van der Waals surface area contributed by atoms with E-state index < -0.39 is 12.2 Å². The molecular weight excluding hydrogens is 941 g/mol. The highest BCUT2D eigenvalue weighted by atomic mass is 16.3. The average molecular weight is 1080 g/mol. The number of nitrogens with one attached hydrogen (secondary N) is 4. The lowest BCUT2D eigenvalue weighted by atomic mass is 10.1. The van der Waals surface area contributed by atoms with E-state index in [1.165, 1.54) is 257 Å². The quantitative estimate of drug-likeness (QED) is 0.0332. The lowest BCUT2D eigenvalue weighted by molar-refractivity contribution is -0.121. The molecule has 6 N–H and O–H groups in total. The van der Waals surface area contributed by atoms with Crippen LogP contribution in [0, 0.1) is 0 Å². The Morgan fingerprint density at radius 1 is 0.303 bits per heavy atom. The van der Waals surface area contributed by atoms with Gasteiger partial charge in [-0.25, -0.2) is 0 Å². The first kappa shape index (κ1) is 74.7. The molecule has 0 aliphatic carbocycles. The molecule has 0 saturated heterocycles. The third-order valence-electron chi connectivity index (χ3n) is 15.8. The van der Waals surface area contributed by atoms with Gasteiger partial charge in [0.2, 0.25) is 11.8 Å². The van der Waals surface area contributed by atoms with E-state index in [4.69, 9.17) is 0 Å². The molecule has 0 aromatic heterocycles. The van der Waals surface area contributed by atoms with Crippen LogP contribution in [0.3, 0.4) is 0 Å². The summed E-state index contributed by atoms with van der Waals surface area (Å²) in [4.78, 5) is 30.1. The number of unbranched alkanes of at least 4 members (excludes halogenated alkanes) is 41. The number of hydrogen-bond donors (Lipinski definition) is 6. The first-order valence-electron chi connectivity index (χ1n) is 34.1. The number of amides is 2. The van der Waals surface area contributed by atoms with Crippen LogP contribution < -0.4 is 21.3 Å². The highest BCUT2D eigenvalue weighted by molar-refractivity contribution is 5.78. The molecule has 0 aromatic rings. The van der Waals surface area contributed by atoms with Gasteiger partial charge in [-0.1, -0.05) is 285 Å². The molecule has 10 heteroatoms. The molecule has 0 aliphatic heterocycles. The number of aliphatic hydroxyl groups excluding tert-OH is 2. The topological polar surface area (TPSA) is 129 Å². The van der Waals surface area contributed by atoms with Crippen LogP contribution in [0.4, 0.5) is 0 Å². The standard InChI is InChI=1S/C66H136N6O4/c1-5-9-13-17-21-25-29-31-35-39-43-47-53-71(61-63(73)57-67-59-65(75)69-51-45-41-37-33-27-23-19-15-11-7-3)55-49-50-56-72(54-48-44-40-36-32-30-26-22-18-14-10-6-2)62-64(74)58-68-60-66(76)70-52-46-42-38-34-28-24-20-16-12-8-4/h63-64,67-68,73-74H,5-62H2,1-4H3,(H,69,75)(H,70,76). The van der Waals surface area contributed by atoms with Crippen molar-refractivity contribution in [3.05, 3.63) is 0 Å². The summed E-state index contributed by atoms with van der Waals surface area (Å²) < 4.78 is 0. The van der Waals surface area contributed by atoms with E-state index in [0.717, 1.165) is 77.8 Å². The molecule has 2 unspecified atom stereocenters. The van der Waals surface area contributed by atoms with Crippen molar-refractivity contribution in [2.75, 3.05) is 78.5 Å². The Balaban J connectivity index is 5.02. The lowest BCUT2D eigenvalue weighted by Crippen LogP contribution is -2.43. The van der Waals surface area contributed by atoms with Crippen LogP contribution in [0.5, 0.6) is 0 Å². The van der Waals surface area contributed by atoms with Crippen molar-refractivity contribution in [3.63, 3.8) is 0 Å². The molecule has 0 saturated carbocycles. The van der Waals surface area contributed by atoms with Crippen LogP contribution >= 0.6 is 0 Å². The zero-order chi connectivity index (χ0) is 55.3. The molecule has 10 nitrogen and oxygen atoms in total. The Morgan fingerprint density at radius 2 is 0.500 bits per heavy atom. The first-order chi connectivity index (χ1) is 37.4. The number of carbonyl (C=O) groups excluding carboxylic acids is 2. The summed E-state index contributed by atoms with van der Waals surface area (Å²) >= 11 is 0. The van der Waals surface area contributed by atoms with Gasteiger partial charge in [0.1, 0.15) is 0 Å². The van der Waals surface area contributed by atoms with Crippen LogP contribution in [0.25, 0.3) is 0 Å². The number of carbonyl (C=O) groups is 2. The van der Waals surface area contributed by atoms with Gasteiger partial charge < -0.3 is 41.3 Å². The Labute approximate surface area is 474 Å². The minimum Gasteiger partial charge on any atom is -0.390 e. The fraction of sp³-hybridized carbons (Fsp3) is 0.970. The zero-order valence-corrected chi connectivity index (χ0v) is 51.8. The van der Waals surface area contributed by atoms with Crippen LogP contribution in [-0.2, 0) is 9.59 Å². The maximum atomic E-state index is 12.6. The van der Waals surface area contributed by atoms with Crippen molar-refractivity contribution in [2.45, 2.75) is 335 Å². The summed E-state index contributed by atoms with van der Waals surface area (Å²) in [5.74, 6) is 0.0384. The molecule has 0 radical (unpaired) electrons. The van der Waals surface area contributed by atoms with Gasteiger partial charge in [-0.15, -0.1) is 0 Å². The van der Waals surface area contributed by atoms with Crippen molar-refractivity contribution >= 4 is 11.8 Å². The van der Waals surface area contributed by atoms with E-state index >= 15 is 0 Å². The summed E-state index contributed by atoms with van der Waals surface area (Å²) in [6, 6.07) is 0. The van der Waals surface area contributed by atoms with E-state index in [-0.39, 0.29) is 24.9 Å². The van der Waals surface area contributed by atoms with E-state index in [2.05, 4.69) is 58.8 Å². The monoisotopic (exact) mass is 1080 g/mol. The molecular formula is C66H136N6O4. The SMILES string of the molecule is CCCCCCCCCCCCCCN(CCCCN(CCCCCCCCCCCCCC)CC(O)CNCC(=O)NCCCCCCCCCCCC)CC(O)CNCC(=O)NCCCCCCCCCCCC. The molecule has 2 atom stereocenters. The molecule has 0 rings (SSSR count). The smallest absolute Gasteiger partial charge is 0.233 e. The fourth-order valence-corrected chi connectivity index (χ4v) is 10.8. The van der Waals surface area contributed by atoms with Gasteiger partial charge in [-0.2, -0.15) is 0 Å². The molecule has 0 bridgehead atoms. The Bertz CT molecular complexity index is 1060. The third-order valence-corrected chi connectivity index (χ3v) is 15.8. The molecule has 454 valence electrons. The zero-order valence-electron chi connectivity index (χ0n) is 51.8. The van der Waals surface area contributed by atoms with E-state index in [1.807, 2.05) is 0 Å². The number of aliphatic hydroxyl groups is 2. The van der Waals surface area contributed by atoms with Gasteiger partial charge in [0.15, 0.2) is 0 Å². The van der Waals surface area contributed by atoms with Crippen LogP contribution in [0.1, 0.15) is 323 Å². The minimum atomic E-state index is -0.529. The summed E-state index contributed by atoms with van der Waals surface area (Å²) in [5, 5.41) is 35.1. The van der Waals surface area contributed by atoms with Gasteiger partial charge in [-0.3, -0.25) is 9.59 Å². The molecule has 0 fully saturated rings. The van der Waals surface area contributed by atoms with Crippen LogP contribution in [0.2, 0.25) is 0 Å². The molecule has 0 heterocycles. The van der Waals surface area contributed by atoms with Crippen LogP contribution in [0.15, 0.2) is 0 Å². The largest absolute Gasteiger partial charge is 0.390 e. The second-order valence-corrected chi connectivity index (χ2v) is 23.7. The van der Waals surface area contributed by atoms with Gasteiger partial charge in [0, 0.05) is 39.3 Å². The predicted octanol–water partition coefficient (Wildman–Crippen LogP) is 15.7. The van der Waals surface area contributed by atoms with Crippen molar-refractivity contribution in [2.24, 2.45) is 0 Å². The maximum absolute atomic E-state index is 12.6. The van der Waals surface area contributed by atoms with E-state index in [0.29, 0.717) is 26.2 Å². The predicted molar refractivity (Wildman–Crippen MR) is 332 cm³/mol. The van der Waals surface area contributed by atoms with Gasteiger partial charge in [0.25, 0.3) is 0 Å². The Hall–Kier alpha value is -1.30. The van der Waals surface area contributed by atoms with Gasteiger partial charge >= 0.3 is 0 Å². The third kappa shape index (κ3) is 58.8. The molecule has 0 spiro atoms. The first-order valence-corrected chi connectivity index (χ1v) is 34.1. The van der Waals surface area contributed by atoms with Gasteiger partial charge in [-0.05, 0) is 64.7 Å². The van der Waals surface area contributed by atoms with Crippen molar-refractivity contribution < 1.29 is 19.8 Å². The number of nitrogens with zero attached hydrogens (tertiary/aromatic N) is 2. The maximum Gasteiger partial charge on any atom is 0.233 e. The molecule has 2 amide bonds. The summed E-state index contributed by atoms with van der Waals surface area (Å²) in [6.45, 7) is 17.0. The minimum absolute atomic E-state index is 0.0192. The molecule has 76 heavy (non-hydrogen) atoms. The van der Waals surface area contributed by atoms with Crippen LogP contribution in [-0.4, -0.2) is 123 Å². The summed E-state index contributed by atoms with van der Waals surface area (Å²) in [5.41, 5.74) is 0. The molecule has 0 aromatic carbocycles. The van der Waals surface area contributed by atoms with Gasteiger partial charge in [0.05, 0.1) is 25.3 Å². The highest BCUT2D eigenvalue weighted by Gasteiger charge is 2.15. The van der Waals surface area contributed by atoms with Crippen molar-refractivity contribution in [1.82, 2.24) is 31.1 Å². The number of rotatable bonds is 65. The summed E-state index contributed by atoms with van der Waals surface area (Å²) in [7, 11) is 0. The normalized spacial score (nSPS) is 12.6. The Morgan fingerprint density at radius 3 is 0.737 bits per heavy atom. The van der Waals surface area contributed by atoms with Crippen molar-refractivity contribution in [3.8, 4) is 0 Å². The fourth-order valence-electron chi connectivity index (χ4n) is 10.8. The van der Waals surface area contributed by atoms with E-state index in [9.17, 15) is 19.8 Å². The lowest BCUT2D eigenvalue weighted by Gasteiger charge is -2.27.